The highest BCUT2D eigenvalue weighted by atomic mass is 79.9. The monoisotopic (exact) mass is 367 g/mol. The molecule has 22 heavy (non-hydrogen) atoms. The van der Waals surface area contributed by atoms with Crippen molar-refractivity contribution >= 4 is 15.9 Å². The molecule has 3 nitrogen and oxygen atoms in total. The highest BCUT2D eigenvalue weighted by molar-refractivity contribution is 9.10. The quantitative estimate of drug-likeness (QED) is 0.751. The lowest BCUT2D eigenvalue weighted by Crippen LogP contribution is -2.17. The van der Waals surface area contributed by atoms with Crippen LogP contribution in [0.25, 0.3) is 0 Å². The molecule has 0 aliphatic heterocycles. The Bertz CT molecular complexity index is 614. The number of methoxy groups -OCH3 is 2. The standard InChI is InChI=1S/C17H19BrFNO2/c1-21-13-7-6-12(17(10-13)22-2)11-20-9-8-14-15(18)4-3-5-16(14)19/h3-7,10,20H,8-9,11H2,1-2H3. The summed E-state index contributed by atoms with van der Waals surface area (Å²) in [7, 11) is 3.26. The van der Waals surface area contributed by atoms with Gasteiger partial charge in [0.1, 0.15) is 17.3 Å². The lowest BCUT2D eigenvalue weighted by molar-refractivity contribution is 0.390. The second-order valence-corrected chi connectivity index (χ2v) is 5.66. The van der Waals surface area contributed by atoms with E-state index in [1.807, 2.05) is 24.3 Å². The van der Waals surface area contributed by atoms with E-state index in [0.717, 1.165) is 21.5 Å². The summed E-state index contributed by atoms with van der Waals surface area (Å²) in [6, 6.07) is 10.7. The van der Waals surface area contributed by atoms with Gasteiger partial charge in [-0.1, -0.05) is 28.1 Å². The number of ether oxygens (including phenoxy) is 2. The highest BCUT2D eigenvalue weighted by Gasteiger charge is 2.07. The Kier molecular flexibility index (Phi) is 6.21. The van der Waals surface area contributed by atoms with Crippen LogP contribution in [0.3, 0.4) is 0 Å². The molecule has 0 amide bonds. The van der Waals surface area contributed by atoms with E-state index in [0.29, 0.717) is 25.1 Å². The molecule has 1 N–H and O–H groups in total. The summed E-state index contributed by atoms with van der Waals surface area (Å²) in [6.07, 6.45) is 0.617. The molecule has 0 radical (unpaired) electrons. The van der Waals surface area contributed by atoms with Gasteiger partial charge in [0.25, 0.3) is 0 Å². The Morgan fingerprint density at radius 1 is 1.14 bits per heavy atom. The fourth-order valence-electron chi connectivity index (χ4n) is 2.21. The van der Waals surface area contributed by atoms with Gasteiger partial charge in [0.15, 0.2) is 0 Å². The first-order chi connectivity index (χ1) is 10.7. The number of hydrogen-bond acceptors (Lipinski definition) is 3. The van der Waals surface area contributed by atoms with E-state index in [4.69, 9.17) is 9.47 Å². The maximum absolute atomic E-state index is 13.7. The smallest absolute Gasteiger partial charge is 0.127 e. The average Bonchev–Trinajstić information content (AvgIpc) is 2.53. The third kappa shape index (κ3) is 4.21. The summed E-state index contributed by atoms with van der Waals surface area (Å²) in [6.45, 7) is 1.33. The van der Waals surface area contributed by atoms with Crippen molar-refractivity contribution in [2.24, 2.45) is 0 Å². The highest BCUT2D eigenvalue weighted by Crippen LogP contribution is 2.24. The van der Waals surface area contributed by atoms with Crippen LogP contribution >= 0.6 is 15.9 Å². The van der Waals surface area contributed by atoms with Crippen LogP contribution in [0.2, 0.25) is 0 Å². The molecule has 0 aliphatic rings. The van der Waals surface area contributed by atoms with Crippen LogP contribution in [0.4, 0.5) is 4.39 Å². The predicted octanol–water partition coefficient (Wildman–Crippen LogP) is 3.94. The lowest BCUT2D eigenvalue weighted by atomic mass is 10.1. The molecule has 2 aromatic carbocycles. The van der Waals surface area contributed by atoms with E-state index >= 15 is 0 Å². The SMILES string of the molecule is COc1ccc(CNCCc2c(F)cccc2Br)c(OC)c1. The number of benzene rings is 2. The molecule has 0 bridgehead atoms. The number of nitrogens with one attached hydrogen (secondary N) is 1. The summed E-state index contributed by atoms with van der Waals surface area (Å²) < 4.78 is 25.0. The molecule has 0 atom stereocenters. The minimum absolute atomic E-state index is 0.182. The van der Waals surface area contributed by atoms with Gasteiger partial charge >= 0.3 is 0 Å². The van der Waals surface area contributed by atoms with Crippen LogP contribution in [0.5, 0.6) is 11.5 Å². The van der Waals surface area contributed by atoms with Gasteiger partial charge < -0.3 is 14.8 Å². The van der Waals surface area contributed by atoms with E-state index in [-0.39, 0.29) is 5.82 Å². The number of rotatable bonds is 7. The predicted molar refractivity (Wildman–Crippen MR) is 89.1 cm³/mol. The minimum Gasteiger partial charge on any atom is -0.497 e. The van der Waals surface area contributed by atoms with Crippen molar-refractivity contribution < 1.29 is 13.9 Å². The van der Waals surface area contributed by atoms with Crippen LogP contribution in [-0.2, 0) is 13.0 Å². The molecule has 0 aromatic heterocycles. The van der Waals surface area contributed by atoms with Crippen molar-refractivity contribution in [3.8, 4) is 11.5 Å². The Labute approximate surface area is 138 Å². The minimum atomic E-state index is -0.182. The topological polar surface area (TPSA) is 30.5 Å². The summed E-state index contributed by atoms with van der Waals surface area (Å²) in [4.78, 5) is 0. The van der Waals surface area contributed by atoms with Gasteiger partial charge in [0.2, 0.25) is 0 Å². The molecule has 2 rings (SSSR count). The molecular weight excluding hydrogens is 349 g/mol. The second-order valence-electron chi connectivity index (χ2n) is 4.80. The van der Waals surface area contributed by atoms with Gasteiger partial charge in [-0.15, -0.1) is 0 Å². The van der Waals surface area contributed by atoms with Gasteiger partial charge in [-0.3, -0.25) is 0 Å². The van der Waals surface area contributed by atoms with E-state index in [1.54, 1.807) is 20.3 Å². The van der Waals surface area contributed by atoms with Crippen molar-refractivity contribution in [2.45, 2.75) is 13.0 Å². The van der Waals surface area contributed by atoms with Gasteiger partial charge in [-0.2, -0.15) is 0 Å². The number of hydrogen-bond donors (Lipinski definition) is 1. The largest absolute Gasteiger partial charge is 0.497 e. The zero-order valence-electron chi connectivity index (χ0n) is 12.7. The van der Waals surface area contributed by atoms with Crippen LogP contribution in [0.15, 0.2) is 40.9 Å². The van der Waals surface area contributed by atoms with Crippen LogP contribution in [-0.4, -0.2) is 20.8 Å². The molecular formula is C17H19BrFNO2. The van der Waals surface area contributed by atoms with E-state index < -0.39 is 0 Å². The fraction of sp³-hybridized carbons (Fsp3) is 0.294. The lowest BCUT2D eigenvalue weighted by Gasteiger charge is -2.12. The van der Waals surface area contributed by atoms with E-state index in [1.165, 1.54) is 6.07 Å². The van der Waals surface area contributed by atoms with Gasteiger partial charge in [0.05, 0.1) is 14.2 Å². The van der Waals surface area contributed by atoms with Crippen LogP contribution in [0.1, 0.15) is 11.1 Å². The third-order valence-electron chi connectivity index (χ3n) is 3.42. The summed E-state index contributed by atoms with van der Waals surface area (Å²) >= 11 is 3.38. The Balaban J connectivity index is 1.91. The van der Waals surface area contributed by atoms with Crippen LogP contribution in [0, 0.1) is 5.82 Å². The maximum atomic E-state index is 13.7. The summed E-state index contributed by atoms with van der Waals surface area (Å²) in [5.41, 5.74) is 1.73. The molecule has 118 valence electrons. The molecule has 0 heterocycles. The first-order valence-electron chi connectivity index (χ1n) is 7.00. The molecule has 5 heteroatoms. The summed E-state index contributed by atoms with van der Waals surface area (Å²) in [5, 5.41) is 3.31. The van der Waals surface area contributed by atoms with Crippen LogP contribution < -0.4 is 14.8 Å². The zero-order chi connectivity index (χ0) is 15.9. The normalized spacial score (nSPS) is 10.5. The van der Waals surface area contributed by atoms with Gasteiger partial charge in [-0.05, 0) is 31.2 Å². The number of halogens is 2. The second kappa shape index (κ2) is 8.15. The first-order valence-corrected chi connectivity index (χ1v) is 7.79. The molecule has 0 saturated carbocycles. The van der Waals surface area contributed by atoms with Gasteiger partial charge in [-0.25, -0.2) is 4.39 Å². The molecule has 0 aliphatic carbocycles. The molecule has 0 saturated heterocycles. The summed E-state index contributed by atoms with van der Waals surface area (Å²) in [5.74, 6) is 1.35. The van der Waals surface area contributed by atoms with Crippen molar-refractivity contribution in [1.82, 2.24) is 5.32 Å². The third-order valence-corrected chi connectivity index (χ3v) is 4.17. The van der Waals surface area contributed by atoms with Crippen molar-refractivity contribution in [1.29, 1.82) is 0 Å². The Morgan fingerprint density at radius 3 is 2.64 bits per heavy atom. The first kappa shape index (κ1) is 16.8. The van der Waals surface area contributed by atoms with E-state index in [9.17, 15) is 4.39 Å². The fourth-order valence-corrected chi connectivity index (χ4v) is 2.75. The Hall–Kier alpha value is -1.59. The zero-order valence-corrected chi connectivity index (χ0v) is 14.2. The molecule has 2 aromatic rings. The van der Waals surface area contributed by atoms with Crippen molar-refractivity contribution in [3.05, 3.63) is 57.8 Å². The van der Waals surface area contributed by atoms with E-state index in [2.05, 4.69) is 21.2 Å². The molecule has 0 spiro atoms. The average molecular weight is 368 g/mol. The maximum Gasteiger partial charge on any atom is 0.127 e. The van der Waals surface area contributed by atoms with Crippen molar-refractivity contribution in [3.63, 3.8) is 0 Å². The van der Waals surface area contributed by atoms with Gasteiger partial charge in [0, 0.05) is 28.2 Å². The molecule has 0 unspecified atom stereocenters. The molecule has 0 fully saturated rings. The Morgan fingerprint density at radius 2 is 1.95 bits per heavy atom. The van der Waals surface area contributed by atoms with Crippen molar-refractivity contribution in [2.75, 3.05) is 20.8 Å².